The molecule has 3 aromatic carbocycles. The predicted molar refractivity (Wildman–Crippen MR) is 147 cm³/mol. The van der Waals surface area contributed by atoms with Gasteiger partial charge in [-0.15, -0.1) is 6.58 Å². The zero-order valence-electron chi connectivity index (χ0n) is 21.8. The number of hydrogen-bond acceptors (Lipinski definition) is 6. The van der Waals surface area contributed by atoms with Crippen LogP contribution in [0.1, 0.15) is 39.1 Å². The molecule has 0 bridgehead atoms. The third-order valence-electron chi connectivity index (χ3n) is 7.51. The molecule has 7 heteroatoms. The molecule has 0 aromatic heterocycles. The second-order valence-electron chi connectivity index (χ2n) is 10.1. The largest absolute Gasteiger partial charge is 0.493 e. The first-order valence-corrected chi connectivity index (χ1v) is 13.2. The Kier molecular flexibility index (Phi) is 7.77. The van der Waals surface area contributed by atoms with E-state index in [9.17, 15) is 14.7 Å². The van der Waals surface area contributed by atoms with Crippen LogP contribution in [0.4, 0.5) is 0 Å². The summed E-state index contributed by atoms with van der Waals surface area (Å²) in [5, 5.41) is 12.3. The van der Waals surface area contributed by atoms with E-state index in [0.29, 0.717) is 35.7 Å². The minimum Gasteiger partial charge on any atom is -0.493 e. The fourth-order valence-electron chi connectivity index (χ4n) is 5.52. The summed E-state index contributed by atoms with van der Waals surface area (Å²) >= 11 is 0. The summed E-state index contributed by atoms with van der Waals surface area (Å²) in [6.45, 7) is 6.44. The van der Waals surface area contributed by atoms with Gasteiger partial charge in [-0.2, -0.15) is 0 Å². The van der Waals surface area contributed by atoms with Crippen LogP contribution in [0.2, 0.25) is 0 Å². The monoisotopic (exact) mass is 514 g/mol. The lowest BCUT2D eigenvalue weighted by atomic mass is 9.91. The number of carbonyl (C=O) groups is 2. The van der Waals surface area contributed by atoms with Gasteiger partial charge in [0.2, 0.25) is 0 Å². The van der Waals surface area contributed by atoms with Crippen molar-refractivity contribution in [1.29, 1.82) is 0 Å². The summed E-state index contributed by atoms with van der Waals surface area (Å²) in [7, 11) is 1.60. The molecule has 1 atom stereocenters. The van der Waals surface area contributed by atoms with Gasteiger partial charge in [-0.3, -0.25) is 14.5 Å². The molecule has 2 amide bonds. The highest BCUT2D eigenvalue weighted by atomic mass is 16.5. The molecule has 1 N–H and O–H groups in total. The molecule has 198 valence electrons. The van der Waals surface area contributed by atoms with Crippen molar-refractivity contribution < 1.29 is 24.2 Å². The van der Waals surface area contributed by atoms with Crippen molar-refractivity contribution in [3.05, 3.63) is 83.9 Å². The summed E-state index contributed by atoms with van der Waals surface area (Å²) < 4.78 is 11.3. The fraction of sp³-hybridized carbons (Fsp3) is 0.355. The molecule has 0 unspecified atom stereocenters. The number of allylic oxidation sites excluding steroid dienone is 1. The van der Waals surface area contributed by atoms with Gasteiger partial charge >= 0.3 is 0 Å². The number of likely N-dealkylation sites (tertiary alicyclic amines) is 1. The molecule has 2 aliphatic rings. The van der Waals surface area contributed by atoms with E-state index in [1.807, 2.05) is 60.7 Å². The highest BCUT2D eigenvalue weighted by Crippen LogP contribution is 2.32. The number of benzene rings is 3. The van der Waals surface area contributed by atoms with Crippen LogP contribution in [0.25, 0.3) is 10.8 Å². The lowest BCUT2D eigenvalue weighted by Gasteiger charge is -2.36. The normalized spacial score (nSPS) is 17.1. The lowest BCUT2D eigenvalue weighted by Crippen LogP contribution is -2.46. The Labute approximate surface area is 223 Å². The first kappa shape index (κ1) is 25.9. The molecule has 0 saturated carbocycles. The Morgan fingerprint density at radius 1 is 1.03 bits per heavy atom. The number of methoxy groups -OCH3 is 1. The van der Waals surface area contributed by atoms with E-state index >= 15 is 0 Å². The van der Waals surface area contributed by atoms with Gasteiger partial charge in [0.1, 0.15) is 12.7 Å². The number of ether oxygens (including phenoxy) is 2. The first-order chi connectivity index (χ1) is 18.5. The number of aliphatic hydroxyl groups excluding tert-OH is 1. The number of rotatable bonds is 10. The molecular formula is C31H34N2O5. The number of hydrogen-bond donors (Lipinski definition) is 1. The third-order valence-corrected chi connectivity index (χ3v) is 7.51. The van der Waals surface area contributed by atoms with Crippen molar-refractivity contribution in [2.75, 3.05) is 39.9 Å². The average molecular weight is 515 g/mol. The minimum absolute atomic E-state index is 0.166. The summed E-state index contributed by atoms with van der Waals surface area (Å²) in [6.07, 6.45) is 3.65. The molecule has 38 heavy (non-hydrogen) atoms. The molecule has 0 radical (unpaired) electrons. The van der Waals surface area contributed by atoms with E-state index < -0.39 is 6.10 Å². The van der Waals surface area contributed by atoms with Crippen LogP contribution in [-0.4, -0.2) is 72.7 Å². The number of amides is 2. The van der Waals surface area contributed by atoms with Crippen LogP contribution in [0, 0.1) is 5.92 Å². The van der Waals surface area contributed by atoms with Crippen molar-refractivity contribution in [3.8, 4) is 11.5 Å². The first-order valence-electron chi connectivity index (χ1n) is 13.2. The molecule has 5 rings (SSSR count). The van der Waals surface area contributed by atoms with Crippen LogP contribution < -0.4 is 9.47 Å². The van der Waals surface area contributed by atoms with E-state index in [4.69, 9.17) is 9.47 Å². The molecule has 2 heterocycles. The number of nitrogens with zero attached hydrogens (tertiary/aromatic N) is 2. The topological polar surface area (TPSA) is 79.3 Å². The Hall–Kier alpha value is -3.68. The van der Waals surface area contributed by atoms with E-state index in [1.165, 1.54) is 4.90 Å². The summed E-state index contributed by atoms with van der Waals surface area (Å²) in [5.74, 6) is 1.06. The quantitative estimate of drug-likeness (QED) is 0.321. The second-order valence-corrected chi connectivity index (χ2v) is 10.1. The van der Waals surface area contributed by atoms with Gasteiger partial charge in [0.25, 0.3) is 11.8 Å². The molecular weight excluding hydrogens is 480 g/mol. The number of carbonyl (C=O) groups excluding carboxylic acids is 2. The Morgan fingerprint density at radius 2 is 1.71 bits per heavy atom. The molecule has 1 fully saturated rings. The van der Waals surface area contributed by atoms with Crippen molar-refractivity contribution in [2.24, 2.45) is 5.92 Å². The number of aliphatic hydroxyl groups is 1. The number of imide groups is 1. The standard InChI is InChI=1S/C31H34N2O5/c1-3-6-21-11-12-27(28(17-21)37-2)38-20-24(34)19-32-15-13-22(14-16-32)18-33-30(35)25-9-4-7-23-8-5-10-26(29(23)25)31(33)36/h3-5,7-12,17,22,24,34H,1,6,13-16,18-20H2,2H3/t24-/m1/s1. The van der Waals surface area contributed by atoms with E-state index in [0.717, 1.165) is 48.7 Å². The van der Waals surface area contributed by atoms with E-state index in [-0.39, 0.29) is 24.3 Å². The van der Waals surface area contributed by atoms with Gasteiger partial charge in [0.15, 0.2) is 11.5 Å². The summed E-state index contributed by atoms with van der Waals surface area (Å²) in [5.41, 5.74) is 2.29. The number of β-amino-alcohol motifs (C(OH)–C–C–N with tert-alkyl or cyclic N) is 1. The van der Waals surface area contributed by atoms with Gasteiger partial charge in [0, 0.05) is 29.6 Å². The van der Waals surface area contributed by atoms with Crippen LogP contribution >= 0.6 is 0 Å². The Bertz CT molecular complexity index is 1290. The number of piperidine rings is 1. The second kappa shape index (κ2) is 11.4. The summed E-state index contributed by atoms with van der Waals surface area (Å²) in [6, 6.07) is 17.0. The van der Waals surface area contributed by atoms with Gasteiger partial charge in [0.05, 0.1) is 7.11 Å². The van der Waals surface area contributed by atoms with Crippen LogP contribution in [-0.2, 0) is 6.42 Å². The summed E-state index contributed by atoms with van der Waals surface area (Å²) in [4.78, 5) is 30.1. The van der Waals surface area contributed by atoms with Gasteiger partial charge in [-0.25, -0.2) is 0 Å². The zero-order valence-corrected chi connectivity index (χ0v) is 21.8. The molecule has 0 aliphatic carbocycles. The average Bonchev–Trinajstić information content (AvgIpc) is 2.94. The van der Waals surface area contributed by atoms with Gasteiger partial charge in [-0.1, -0.05) is 36.4 Å². The molecule has 1 saturated heterocycles. The van der Waals surface area contributed by atoms with Crippen molar-refractivity contribution in [3.63, 3.8) is 0 Å². The van der Waals surface area contributed by atoms with Crippen LogP contribution in [0.5, 0.6) is 11.5 Å². The van der Waals surface area contributed by atoms with Crippen molar-refractivity contribution in [1.82, 2.24) is 9.80 Å². The highest BCUT2D eigenvalue weighted by Gasteiger charge is 2.35. The Morgan fingerprint density at radius 3 is 2.34 bits per heavy atom. The maximum absolute atomic E-state index is 13.2. The smallest absolute Gasteiger partial charge is 0.261 e. The van der Waals surface area contributed by atoms with E-state index in [1.54, 1.807) is 7.11 Å². The zero-order chi connectivity index (χ0) is 26.6. The molecule has 2 aliphatic heterocycles. The molecule has 0 spiro atoms. The van der Waals surface area contributed by atoms with Crippen LogP contribution in [0.15, 0.2) is 67.3 Å². The minimum atomic E-state index is -0.647. The SMILES string of the molecule is C=CCc1ccc(OC[C@H](O)CN2CCC(CN3C(=O)c4cccc5cccc(c45)C3=O)CC2)c(OC)c1. The highest BCUT2D eigenvalue weighted by molar-refractivity contribution is 6.25. The predicted octanol–water partition coefficient (Wildman–Crippen LogP) is 4.32. The van der Waals surface area contributed by atoms with Crippen LogP contribution in [0.3, 0.4) is 0 Å². The van der Waals surface area contributed by atoms with Gasteiger partial charge in [-0.05, 0) is 73.5 Å². The fourth-order valence-corrected chi connectivity index (χ4v) is 5.52. The maximum Gasteiger partial charge on any atom is 0.261 e. The maximum atomic E-state index is 13.2. The van der Waals surface area contributed by atoms with Crippen molar-refractivity contribution in [2.45, 2.75) is 25.4 Å². The lowest BCUT2D eigenvalue weighted by molar-refractivity contribution is 0.0450. The van der Waals surface area contributed by atoms with E-state index in [2.05, 4.69) is 11.5 Å². The molecule has 7 nitrogen and oxygen atoms in total. The van der Waals surface area contributed by atoms with Crippen molar-refractivity contribution >= 4 is 22.6 Å². The Balaban J connectivity index is 1.12. The van der Waals surface area contributed by atoms with Gasteiger partial charge < -0.3 is 19.5 Å². The molecule has 3 aromatic rings. The third kappa shape index (κ3) is 5.30.